The Morgan fingerprint density at radius 3 is 2.65 bits per heavy atom. The van der Waals surface area contributed by atoms with Crippen molar-refractivity contribution < 1.29 is 9.72 Å². The summed E-state index contributed by atoms with van der Waals surface area (Å²) in [5, 5.41) is 10.6. The van der Waals surface area contributed by atoms with E-state index in [1.54, 1.807) is 6.07 Å². The minimum Gasteiger partial charge on any atom is -0.371 e. The van der Waals surface area contributed by atoms with Crippen LogP contribution in [0.5, 0.6) is 0 Å². The molecule has 1 aromatic carbocycles. The fourth-order valence-corrected chi connectivity index (χ4v) is 2.04. The number of carbonyl (C=O) groups is 1. The van der Waals surface area contributed by atoms with E-state index in [1.807, 2.05) is 11.9 Å². The summed E-state index contributed by atoms with van der Waals surface area (Å²) in [6, 6.07) is 4.88. The molecule has 1 aromatic rings. The first-order chi connectivity index (χ1) is 8.13. The van der Waals surface area contributed by atoms with Gasteiger partial charge in [0.15, 0.2) is 6.29 Å². The SMILES string of the molecule is CN(c1ccc([N+](=O)[O-])cc1C=O)C1CCC1. The second-order valence-corrected chi connectivity index (χ2v) is 4.31. The predicted molar refractivity (Wildman–Crippen MR) is 64.5 cm³/mol. The number of hydrogen-bond donors (Lipinski definition) is 0. The van der Waals surface area contributed by atoms with E-state index in [9.17, 15) is 14.9 Å². The molecule has 0 saturated heterocycles. The van der Waals surface area contributed by atoms with Crippen molar-refractivity contribution >= 4 is 17.7 Å². The quantitative estimate of drug-likeness (QED) is 0.456. The van der Waals surface area contributed by atoms with Crippen LogP contribution in [-0.4, -0.2) is 24.3 Å². The zero-order valence-corrected chi connectivity index (χ0v) is 9.63. The topological polar surface area (TPSA) is 63.4 Å². The summed E-state index contributed by atoms with van der Waals surface area (Å²) >= 11 is 0. The molecule has 0 spiro atoms. The number of aldehydes is 1. The highest BCUT2D eigenvalue weighted by atomic mass is 16.6. The number of non-ortho nitro benzene ring substituents is 1. The number of anilines is 1. The van der Waals surface area contributed by atoms with Gasteiger partial charge in [-0.05, 0) is 25.3 Å². The van der Waals surface area contributed by atoms with Crippen LogP contribution in [0.2, 0.25) is 0 Å². The molecule has 1 fully saturated rings. The minimum absolute atomic E-state index is 0.0436. The zero-order chi connectivity index (χ0) is 12.4. The maximum Gasteiger partial charge on any atom is 0.270 e. The molecule has 1 aliphatic carbocycles. The van der Waals surface area contributed by atoms with Gasteiger partial charge in [0.1, 0.15) is 0 Å². The third kappa shape index (κ3) is 2.13. The second-order valence-electron chi connectivity index (χ2n) is 4.31. The van der Waals surface area contributed by atoms with Crippen molar-refractivity contribution in [2.75, 3.05) is 11.9 Å². The predicted octanol–water partition coefficient (Wildman–Crippen LogP) is 2.40. The number of nitro benzene ring substituents is 1. The Hall–Kier alpha value is -1.91. The van der Waals surface area contributed by atoms with Crippen molar-refractivity contribution in [1.82, 2.24) is 0 Å². The Kier molecular flexibility index (Phi) is 3.08. The third-order valence-corrected chi connectivity index (χ3v) is 3.35. The Labute approximate surface area is 99.2 Å². The van der Waals surface area contributed by atoms with Crippen LogP contribution >= 0.6 is 0 Å². The van der Waals surface area contributed by atoms with Crippen LogP contribution in [0.1, 0.15) is 29.6 Å². The van der Waals surface area contributed by atoms with Gasteiger partial charge in [-0.1, -0.05) is 0 Å². The Bertz CT molecular complexity index is 455. The van der Waals surface area contributed by atoms with Crippen molar-refractivity contribution in [2.45, 2.75) is 25.3 Å². The van der Waals surface area contributed by atoms with Crippen LogP contribution in [0.15, 0.2) is 18.2 Å². The van der Waals surface area contributed by atoms with E-state index in [2.05, 4.69) is 0 Å². The highest BCUT2D eigenvalue weighted by molar-refractivity contribution is 5.86. The van der Waals surface area contributed by atoms with Crippen molar-refractivity contribution in [1.29, 1.82) is 0 Å². The van der Waals surface area contributed by atoms with Gasteiger partial charge in [0.25, 0.3) is 5.69 Å². The van der Waals surface area contributed by atoms with Gasteiger partial charge in [-0.15, -0.1) is 0 Å². The Morgan fingerprint density at radius 2 is 2.18 bits per heavy atom. The third-order valence-electron chi connectivity index (χ3n) is 3.35. The largest absolute Gasteiger partial charge is 0.371 e. The second kappa shape index (κ2) is 4.53. The fraction of sp³-hybridized carbons (Fsp3) is 0.417. The number of rotatable bonds is 4. The summed E-state index contributed by atoms with van der Waals surface area (Å²) in [6.45, 7) is 0. The molecular weight excluding hydrogens is 220 g/mol. The van der Waals surface area contributed by atoms with Gasteiger partial charge in [0.05, 0.1) is 4.92 Å². The molecule has 0 atom stereocenters. The first-order valence-electron chi connectivity index (χ1n) is 5.60. The normalized spacial score (nSPS) is 15.1. The van der Waals surface area contributed by atoms with E-state index in [0.717, 1.165) is 18.5 Å². The van der Waals surface area contributed by atoms with Gasteiger partial charge in [-0.3, -0.25) is 14.9 Å². The maximum absolute atomic E-state index is 11.0. The Morgan fingerprint density at radius 1 is 1.47 bits per heavy atom. The highest BCUT2D eigenvalue weighted by Crippen LogP contribution is 2.31. The van der Waals surface area contributed by atoms with Gasteiger partial charge in [-0.2, -0.15) is 0 Å². The van der Waals surface area contributed by atoms with Crippen LogP contribution in [0.3, 0.4) is 0 Å². The summed E-state index contributed by atoms with van der Waals surface area (Å²) < 4.78 is 0. The van der Waals surface area contributed by atoms with Gasteiger partial charge in [-0.25, -0.2) is 0 Å². The summed E-state index contributed by atoms with van der Waals surface area (Å²) in [4.78, 5) is 23.2. The number of nitro groups is 1. The lowest BCUT2D eigenvalue weighted by atomic mass is 9.91. The van der Waals surface area contributed by atoms with Crippen molar-refractivity contribution in [3.8, 4) is 0 Å². The van der Waals surface area contributed by atoms with Crippen LogP contribution in [0.4, 0.5) is 11.4 Å². The molecular formula is C12H14N2O3. The van der Waals surface area contributed by atoms with Crippen LogP contribution in [0.25, 0.3) is 0 Å². The molecule has 0 N–H and O–H groups in total. The van der Waals surface area contributed by atoms with Crippen molar-refractivity contribution in [3.63, 3.8) is 0 Å². The molecule has 90 valence electrons. The zero-order valence-electron chi connectivity index (χ0n) is 9.63. The van der Waals surface area contributed by atoms with E-state index < -0.39 is 4.92 Å². The summed E-state index contributed by atoms with van der Waals surface area (Å²) in [5.74, 6) is 0. The van der Waals surface area contributed by atoms with Crippen LogP contribution < -0.4 is 4.90 Å². The fourth-order valence-electron chi connectivity index (χ4n) is 2.04. The Balaban J connectivity index is 2.32. The van der Waals surface area contributed by atoms with Crippen LogP contribution in [-0.2, 0) is 0 Å². The van der Waals surface area contributed by atoms with E-state index in [1.165, 1.54) is 18.6 Å². The van der Waals surface area contributed by atoms with Crippen molar-refractivity contribution in [2.24, 2.45) is 0 Å². The van der Waals surface area contributed by atoms with E-state index >= 15 is 0 Å². The first kappa shape index (κ1) is 11.6. The lowest BCUT2D eigenvalue weighted by Gasteiger charge is -2.36. The number of benzene rings is 1. The average Bonchev–Trinajstić information content (AvgIpc) is 2.25. The first-order valence-corrected chi connectivity index (χ1v) is 5.60. The van der Waals surface area contributed by atoms with E-state index in [0.29, 0.717) is 17.9 Å². The monoisotopic (exact) mass is 234 g/mol. The molecule has 5 heteroatoms. The molecule has 0 aromatic heterocycles. The summed E-state index contributed by atoms with van der Waals surface area (Å²) in [6.07, 6.45) is 4.12. The molecule has 0 radical (unpaired) electrons. The molecule has 5 nitrogen and oxygen atoms in total. The smallest absolute Gasteiger partial charge is 0.270 e. The van der Waals surface area contributed by atoms with E-state index in [-0.39, 0.29) is 5.69 Å². The summed E-state index contributed by atoms with van der Waals surface area (Å²) in [5.41, 5.74) is 1.11. The minimum atomic E-state index is -0.486. The molecule has 17 heavy (non-hydrogen) atoms. The number of carbonyl (C=O) groups excluding carboxylic acids is 1. The van der Waals surface area contributed by atoms with Gasteiger partial charge < -0.3 is 4.90 Å². The highest BCUT2D eigenvalue weighted by Gasteiger charge is 2.24. The molecule has 0 heterocycles. The molecule has 1 saturated carbocycles. The molecule has 1 aliphatic rings. The van der Waals surface area contributed by atoms with Crippen LogP contribution in [0, 0.1) is 10.1 Å². The molecule has 2 rings (SSSR count). The van der Waals surface area contributed by atoms with E-state index in [4.69, 9.17) is 0 Å². The van der Waals surface area contributed by atoms with Gasteiger partial charge in [0, 0.05) is 36.5 Å². The molecule has 0 aliphatic heterocycles. The molecule has 0 bridgehead atoms. The van der Waals surface area contributed by atoms with Gasteiger partial charge in [0.2, 0.25) is 0 Å². The number of nitrogens with zero attached hydrogens (tertiary/aromatic N) is 2. The lowest BCUT2D eigenvalue weighted by molar-refractivity contribution is -0.384. The molecule has 0 amide bonds. The number of hydrogen-bond acceptors (Lipinski definition) is 4. The average molecular weight is 234 g/mol. The standard InChI is InChI=1S/C12H14N2O3/c1-13(10-3-2-4-10)12-6-5-11(14(16)17)7-9(12)8-15/h5-8,10H,2-4H2,1H3. The maximum atomic E-state index is 11.0. The summed E-state index contributed by atoms with van der Waals surface area (Å²) in [7, 11) is 1.93. The molecule has 0 unspecified atom stereocenters. The van der Waals surface area contributed by atoms with Gasteiger partial charge >= 0.3 is 0 Å². The van der Waals surface area contributed by atoms with Crippen molar-refractivity contribution in [3.05, 3.63) is 33.9 Å². The lowest BCUT2D eigenvalue weighted by Crippen LogP contribution is -2.37.